The van der Waals surface area contributed by atoms with Crippen LogP contribution in [0.5, 0.6) is 0 Å². The van der Waals surface area contributed by atoms with E-state index in [2.05, 4.69) is 155 Å². The maximum atomic E-state index is 6.56. The molecule has 0 bridgehead atoms. The lowest BCUT2D eigenvalue weighted by atomic mass is 10.1. The molecule has 0 aliphatic rings. The van der Waals surface area contributed by atoms with Crippen LogP contribution in [-0.2, 0) is 0 Å². The fraction of sp³-hybridized carbons (Fsp3) is 0. The van der Waals surface area contributed by atoms with Crippen molar-refractivity contribution in [3.8, 4) is 16.8 Å². The van der Waals surface area contributed by atoms with Crippen LogP contribution in [0.15, 0.2) is 168 Å². The van der Waals surface area contributed by atoms with Crippen LogP contribution >= 0.6 is 0 Å². The monoisotopic (exact) mass is 577 g/mol. The highest BCUT2D eigenvalue weighted by Crippen LogP contribution is 2.41. The Kier molecular flexibility index (Phi) is 5.78. The minimum atomic E-state index is 0.524. The maximum absolute atomic E-state index is 6.56. The topological polar surface area (TPSA) is 34.2 Å². The van der Waals surface area contributed by atoms with Crippen molar-refractivity contribution in [2.45, 2.75) is 0 Å². The lowest BCUT2D eigenvalue weighted by Crippen LogP contribution is -2.10. The van der Waals surface area contributed by atoms with E-state index >= 15 is 0 Å². The average Bonchev–Trinajstić information content (AvgIpc) is 3.69. The standard InChI is InChI=1S/C41H27N3O/c1-3-11-28(12-4-1)29-19-22-32(23-20-29)43(41-42-40-34-16-8-7-13-30(34)21-26-39(40)45-41)33-24-25-36-35-17-9-10-18-37(35)44(38(36)27-33)31-14-5-2-6-15-31/h1-27H. The van der Waals surface area contributed by atoms with Crippen LogP contribution in [0.4, 0.5) is 17.4 Å². The third-order valence-electron chi connectivity index (χ3n) is 8.63. The summed E-state index contributed by atoms with van der Waals surface area (Å²) in [4.78, 5) is 7.25. The first-order chi connectivity index (χ1) is 22.3. The van der Waals surface area contributed by atoms with E-state index in [-0.39, 0.29) is 0 Å². The third kappa shape index (κ3) is 4.19. The molecule has 0 spiro atoms. The van der Waals surface area contributed by atoms with Gasteiger partial charge in [0.05, 0.1) is 22.4 Å². The molecule has 0 amide bonds. The maximum Gasteiger partial charge on any atom is 0.307 e. The third-order valence-corrected chi connectivity index (χ3v) is 8.63. The minimum absolute atomic E-state index is 0.524. The molecule has 9 rings (SSSR count). The van der Waals surface area contributed by atoms with E-state index in [0.717, 1.165) is 50.0 Å². The van der Waals surface area contributed by atoms with Gasteiger partial charge in [-0.25, -0.2) is 0 Å². The molecule has 0 saturated carbocycles. The lowest BCUT2D eigenvalue weighted by molar-refractivity contribution is 0.608. The number of hydrogen-bond donors (Lipinski definition) is 0. The molecule has 0 saturated heterocycles. The molecule has 0 unspecified atom stereocenters. The summed E-state index contributed by atoms with van der Waals surface area (Å²) in [6, 6.07) is 57.8. The second-order valence-corrected chi connectivity index (χ2v) is 11.3. The molecule has 2 heterocycles. The molecule has 0 aliphatic carbocycles. The normalized spacial score (nSPS) is 11.6. The van der Waals surface area contributed by atoms with Crippen molar-refractivity contribution in [3.05, 3.63) is 164 Å². The van der Waals surface area contributed by atoms with Gasteiger partial charge in [-0.1, -0.05) is 115 Å². The SMILES string of the molecule is c1ccc(-c2ccc(N(c3ccc4c5ccccc5n(-c5ccccc5)c4c3)c3nc4c(ccc5ccccc54)o3)cc2)cc1. The highest BCUT2D eigenvalue weighted by atomic mass is 16.4. The predicted octanol–water partition coefficient (Wildman–Crippen LogP) is 11.2. The van der Waals surface area contributed by atoms with E-state index in [1.165, 1.54) is 21.9 Å². The number of oxazole rings is 1. The van der Waals surface area contributed by atoms with Crippen LogP contribution in [0.2, 0.25) is 0 Å². The van der Waals surface area contributed by atoms with Gasteiger partial charge >= 0.3 is 6.01 Å². The zero-order valence-electron chi connectivity index (χ0n) is 24.3. The van der Waals surface area contributed by atoms with Crippen LogP contribution in [0, 0.1) is 0 Å². The summed E-state index contributed by atoms with van der Waals surface area (Å²) < 4.78 is 8.89. The van der Waals surface area contributed by atoms with Gasteiger partial charge in [-0.2, -0.15) is 4.98 Å². The Morgan fingerprint density at radius 1 is 0.489 bits per heavy atom. The molecule has 0 atom stereocenters. The van der Waals surface area contributed by atoms with Crippen LogP contribution in [-0.4, -0.2) is 9.55 Å². The first-order valence-electron chi connectivity index (χ1n) is 15.1. The van der Waals surface area contributed by atoms with Gasteiger partial charge in [-0.15, -0.1) is 0 Å². The molecule has 212 valence electrons. The molecule has 0 radical (unpaired) electrons. The Labute approximate surface area is 260 Å². The molecule has 2 aromatic heterocycles. The summed E-state index contributed by atoms with van der Waals surface area (Å²) in [7, 11) is 0. The number of hydrogen-bond acceptors (Lipinski definition) is 3. The van der Waals surface area contributed by atoms with Gasteiger partial charge < -0.3 is 8.98 Å². The number of aromatic nitrogens is 2. The fourth-order valence-corrected chi connectivity index (χ4v) is 6.50. The van der Waals surface area contributed by atoms with Gasteiger partial charge in [-0.3, -0.25) is 4.90 Å². The molecule has 45 heavy (non-hydrogen) atoms. The van der Waals surface area contributed by atoms with Crippen molar-refractivity contribution < 1.29 is 4.42 Å². The Hall–Kier alpha value is -6.13. The van der Waals surface area contributed by atoms with E-state index in [1.54, 1.807) is 0 Å². The number of nitrogens with zero attached hydrogens (tertiary/aromatic N) is 3. The Balaban J connectivity index is 1.28. The number of anilines is 3. The van der Waals surface area contributed by atoms with E-state index in [9.17, 15) is 0 Å². The van der Waals surface area contributed by atoms with Crippen LogP contribution < -0.4 is 4.90 Å². The highest BCUT2D eigenvalue weighted by Gasteiger charge is 2.22. The smallest absolute Gasteiger partial charge is 0.307 e. The average molecular weight is 578 g/mol. The van der Waals surface area contributed by atoms with Crippen LogP contribution in [0.3, 0.4) is 0 Å². The zero-order chi connectivity index (χ0) is 29.7. The molecule has 4 heteroatoms. The summed E-state index contributed by atoms with van der Waals surface area (Å²) in [6.07, 6.45) is 0. The summed E-state index contributed by atoms with van der Waals surface area (Å²) in [5, 5.41) is 4.62. The van der Waals surface area contributed by atoms with Gasteiger partial charge in [0.15, 0.2) is 5.58 Å². The van der Waals surface area contributed by atoms with E-state index in [4.69, 9.17) is 9.40 Å². The number of para-hydroxylation sites is 2. The fourth-order valence-electron chi connectivity index (χ4n) is 6.50. The summed E-state index contributed by atoms with van der Waals surface area (Å²) in [5.41, 5.74) is 9.28. The first kappa shape index (κ1) is 25.4. The lowest BCUT2D eigenvalue weighted by Gasteiger charge is -2.22. The molecular formula is C41H27N3O. The zero-order valence-corrected chi connectivity index (χ0v) is 24.3. The molecule has 7 aromatic carbocycles. The van der Waals surface area contributed by atoms with E-state index in [1.807, 2.05) is 18.2 Å². The second-order valence-electron chi connectivity index (χ2n) is 11.3. The van der Waals surface area contributed by atoms with Crippen molar-refractivity contribution in [1.29, 1.82) is 0 Å². The number of rotatable bonds is 5. The number of benzene rings is 7. The van der Waals surface area contributed by atoms with Gasteiger partial charge in [0.25, 0.3) is 0 Å². The quantitative estimate of drug-likeness (QED) is 0.204. The Morgan fingerprint density at radius 2 is 1.13 bits per heavy atom. The van der Waals surface area contributed by atoms with Gasteiger partial charge in [-0.05, 0) is 65.0 Å². The van der Waals surface area contributed by atoms with Crippen LogP contribution in [0.25, 0.3) is 60.5 Å². The van der Waals surface area contributed by atoms with Crippen molar-refractivity contribution in [3.63, 3.8) is 0 Å². The first-order valence-corrected chi connectivity index (χ1v) is 15.1. The number of fused-ring (bicyclic) bond motifs is 6. The molecule has 0 N–H and O–H groups in total. The van der Waals surface area contributed by atoms with Crippen LogP contribution in [0.1, 0.15) is 0 Å². The highest BCUT2D eigenvalue weighted by molar-refractivity contribution is 6.10. The van der Waals surface area contributed by atoms with E-state index in [0.29, 0.717) is 6.01 Å². The molecule has 0 fully saturated rings. The van der Waals surface area contributed by atoms with Crippen molar-refractivity contribution in [1.82, 2.24) is 9.55 Å². The van der Waals surface area contributed by atoms with Crippen molar-refractivity contribution in [2.75, 3.05) is 4.90 Å². The Bertz CT molecular complexity index is 2480. The van der Waals surface area contributed by atoms with Gasteiger partial charge in [0.2, 0.25) is 0 Å². The molecule has 4 nitrogen and oxygen atoms in total. The predicted molar refractivity (Wildman–Crippen MR) is 186 cm³/mol. The van der Waals surface area contributed by atoms with E-state index < -0.39 is 0 Å². The molecular weight excluding hydrogens is 550 g/mol. The second kappa shape index (κ2) is 10.2. The summed E-state index contributed by atoms with van der Waals surface area (Å²) >= 11 is 0. The Morgan fingerprint density at radius 3 is 1.96 bits per heavy atom. The molecule has 0 aliphatic heterocycles. The van der Waals surface area contributed by atoms with Gasteiger partial charge in [0, 0.05) is 21.8 Å². The summed E-state index contributed by atoms with van der Waals surface area (Å²) in [5.74, 6) is 0. The molecule has 9 aromatic rings. The van der Waals surface area contributed by atoms with Crippen molar-refractivity contribution >= 4 is 61.1 Å². The van der Waals surface area contributed by atoms with Gasteiger partial charge in [0.1, 0.15) is 5.52 Å². The van der Waals surface area contributed by atoms with Crippen molar-refractivity contribution in [2.24, 2.45) is 0 Å². The largest absolute Gasteiger partial charge is 0.423 e. The summed E-state index contributed by atoms with van der Waals surface area (Å²) in [6.45, 7) is 0. The minimum Gasteiger partial charge on any atom is -0.423 e.